The van der Waals surface area contributed by atoms with Crippen LogP contribution in [-0.2, 0) is 16.1 Å². The van der Waals surface area contributed by atoms with E-state index in [9.17, 15) is 14.7 Å². The zero-order valence-electron chi connectivity index (χ0n) is 10.4. The van der Waals surface area contributed by atoms with Crippen molar-refractivity contribution in [2.24, 2.45) is 0 Å². The van der Waals surface area contributed by atoms with Crippen LogP contribution in [0.1, 0.15) is 18.2 Å². The van der Waals surface area contributed by atoms with Gasteiger partial charge in [0.25, 0.3) is 5.56 Å². The quantitative estimate of drug-likeness (QED) is 0.603. The molecular formula is C11H16N2O6. The van der Waals surface area contributed by atoms with Crippen LogP contribution in [0.3, 0.4) is 0 Å². The lowest BCUT2D eigenvalue weighted by Crippen LogP contribution is -2.34. The van der Waals surface area contributed by atoms with Crippen molar-refractivity contribution in [3.63, 3.8) is 0 Å². The van der Waals surface area contributed by atoms with Crippen molar-refractivity contribution in [3.8, 4) is 0 Å². The fourth-order valence-electron chi connectivity index (χ4n) is 2.05. The molecule has 0 aliphatic carbocycles. The number of aliphatic hydroxyl groups is 2. The lowest BCUT2D eigenvalue weighted by Gasteiger charge is -2.15. The van der Waals surface area contributed by atoms with Crippen LogP contribution < -0.4 is 11.2 Å². The fourth-order valence-corrected chi connectivity index (χ4v) is 2.05. The van der Waals surface area contributed by atoms with Gasteiger partial charge in [-0.25, -0.2) is 4.79 Å². The van der Waals surface area contributed by atoms with E-state index in [1.54, 1.807) is 0 Å². The van der Waals surface area contributed by atoms with Crippen molar-refractivity contribution >= 4 is 0 Å². The standard InChI is InChI=1S/C11H16N2O6/c1-18-5-6-3-13(11(17)12-10(6)16)9-2-7(15)8(4-14)19-9/h3,7-9,14-15H,2,4-5H2,1H3,(H,12,16,17)/t7?,8-,9-/m1/s1. The number of rotatable bonds is 4. The third-order valence-corrected chi connectivity index (χ3v) is 3.04. The van der Waals surface area contributed by atoms with Crippen LogP contribution in [0.4, 0.5) is 0 Å². The molecule has 0 saturated carbocycles. The number of hydrogen-bond acceptors (Lipinski definition) is 6. The summed E-state index contributed by atoms with van der Waals surface area (Å²) in [6.45, 7) is -0.269. The first-order valence-corrected chi connectivity index (χ1v) is 5.84. The monoisotopic (exact) mass is 272 g/mol. The van der Waals surface area contributed by atoms with Gasteiger partial charge in [-0.05, 0) is 0 Å². The molecule has 3 atom stereocenters. The molecule has 3 N–H and O–H groups in total. The molecule has 0 bridgehead atoms. The summed E-state index contributed by atoms with van der Waals surface area (Å²) in [6, 6.07) is 0. The molecule has 106 valence electrons. The Kier molecular flexibility index (Phi) is 4.15. The molecule has 1 aliphatic rings. The first kappa shape index (κ1) is 13.9. The number of aliphatic hydroxyl groups excluding tert-OH is 2. The zero-order chi connectivity index (χ0) is 14.0. The van der Waals surface area contributed by atoms with Crippen LogP contribution in [0, 0.1) is 0 Å². The molecule has 1 aromatic heterocycles. The molecular weight excluding hydrogens is 256 g/mol. The highest BCUT2D eigenvalue weighted by atomic mass is 16.5. The molecule has 0 spiro atoms. The Morgan fingerprint density at radius 2 is 2.32 bits per heavy atom. The second kappa shape index (κ2) is 5.66. The predicted molar refractivity (Wildman–Crippen MR) is 63.7 cm³/mol. The fraction of sp³-hybridized carbons (Fsp3) is 0.636. The molecule has 1 aliphatic heterocycles. The first-order valence-electron chi connectivity index (χ1n) is 5.84. The van der Waals surface area contributed by atoms with Crippen molar-refractivity contribution in [1.29, 1.82) is 0 Å². The van der Waals surface area contributed by atoms with E-state index in [0.29, 0.717) is 0 Å². The van der Waals surface area contributed by atoms with E-state index >= 15 is 0 Å². The Morgan fingerprint density at radius 3 is 2.89 bits per heavy atom. The van der Waals surface area contributed by atoms with Gasteiger partial charge in [0.2, 0.25) is 0 Å². The maximum atomic E-state index is 11.7. The Balaban J connectivity index is 2.33. The molecule has 8 nitrogen and oxygen atoms in total. The number of nitrogens with one attached hydrogen (secondary N) is 1. The van der Waals surface area contributed by atoms with Crippen LogP contribution in [0.2, 0.25) is 0 Å². The summed E-state index contributed by atoms with van der Waals surface area (Å²) in [5.74, 6) is 0. The number of nitrogens with zero attached hydrogens (tertiary/aromatic N) is 1. The third-order valence-electron chi connectivity index (χ3n) is 3.04. The van der Waals surface area contributed by atoms with E-state index in [4.69, 9.17) is 14.6 Å². The minimum Gasteiger partial charge on any atom is -0.394 e. The minimum absolute atomic E-state index is 0.0638. The highest BCUT2D eigenvalue weighted by Crippen LogP contribution is 2.27. The molecule has 1 unspecified atom stereocenters. The number of aromatic amines is 1. The number of hydrogen-bond donors (Lipinski definition) is 3. The maximum absolute atomic E-state index is 11.7. The first-order chi connectivity index (χ1) is 9.06. The molecule has 1 saturated heterocycles. The largest absolute Gasteiger partial charge is 0.394 e. The molecule has 0 aromatic carbocycles. The molecule has 2 rings (SSSR count). The molecule has 8 heteroatoms. The van der Waals surface area contributed by atoms with Crippen LogP contribution in [-0.4, -0.2) is 45.7 Å². The molecule has 19 heavy (non-hydrogen) atoms. The van der Waals surface area contributed by atoms with Crippen LogP contribution in [0.5, 0.6) is 0 Å². The zero-order valence-corrected chi connectivity index (χ0v) is 10.4. The summed E-state index contributed by atoms with van der Waals surface area (Å²) < 4.78 is 11.4. The Labute approximate surface area is 108 Å². The molecule has 1 aromatic rings. The van der Waals surface area contributed by atoms with Crippen molar-refractivity contribution in [2.75, 3.05) is 13.7 Å². The lowest BCUT2D eigenvalue weighted by atomic mass is 10.2. The lowest BCUT2D eigenvalue weighted by molar-refractivity contribution is -0.0460. The average molecular weight is 272 g/mol. The smallest absolute Gasteiger partial charge is 0.330 e. The summed E-state index contributed by atoms with van der Waals surface area (Å²) >= 11 is 0. The normalized spacial score (nSPS) is 26.8. The van der Waals surface area contributed by atoms with Crippen molar-refractivity contribution in [2.45, 2.75) is 31.5 Å². The minimum atomic E-state index is -0.847. The van der Waals surface area contributed by atoms with Crippen LogP contribution >= 0.6 is 0 Å². The Bertz CT molecular complexity index is 551. The van der Waals surface area contributed by atoms with Crippen molar-refractivity contribution in [3.05, 3.63) is 32.6 Å². The van der Waals surface area contributed by atoms with Gasteiger partial charge >= 0.3 is 5.69 Å². The van der Waals surface area contributed by atoms with Gasteiger partial charge in [0.05, 0.1) is 24.9 Å². The van der Waals surface area contributed by atoms with Gasteiger partial charge in [-0.15, -0.1) is 0 Å². The van der Waals surface area contributed by atoms with Gasteiger partial charge in [0.1, 0.15) is 12.3 Å². The molecule has 1 fully saturated rings. The SMILES string of the molecule is COCc1cn([C@H]2CC(O)[C@@H](CO)O2)c(=O)[nH]c1=O. The highest BCUT2D eigenvalue weighted by molar-refractivity contribution is 5.04. The van der Waals surface area contributed by atoms with Gasteiger partial charge in [-0.2, -0.15) is 0 Å². The molecule has 0 radical (unpaired) electrons. The van der Waals surface area contributed by atoms with E-state index in [-0.39, 0.29) is 25.2 Å². The summed E-state index contributed by atoms with van der Waals surface area (Å²) in [7, 11) is 1.44. The maximum Gasteiger partial charge on any atom is 0.330 e. The Morgan fingerprint density at radius 1 is 1.58 bits per heavy atom. The number of H-pyrrole nitrogens is 1. The number of aromatic nitrogens is 2. The predicted octanol–water partition coefficient (Wildman–Crippen LogP) is -1.68. The van der Waals surface area contributed by atoms with Gasteiger partial charge in [0, 0.05) is 19.7 Å². The van der Waals surface area contributed by atoms with E-state index in [0.717, 1.165) is 0 Å². The highest BCUT2D eigenvalue weighted by Gasteiger charge is 2.35. The number of ether oxygens (including phenoxy) is 2. The van der Waals surface area contributed by atoms with Crippen molar-refractivity contribution < 1.29 is 19.7 Å². The molecule has 0 amide bonds. The summed E-state index contributed by atoms with van der Waals surface area (Å²) in [6.07, 6.45) is -0.771. The number of methoxy groups -OCH3 is 1. The van der Waals surface area contributed by atoms with Gasteiger partial charge in [0.15, 0.2) is 0 Å². The molecule has 2 heterocycles. The summed E-state index contributed by atoms with van der Waals surface area (Å²) in [5, 5.41) is 18.6. The van der Waals surface area contributed by atoms with Crippen LogP contribution in [0.25, 0.3) is 0 Å². The van der Waals surface area contributed by atoms with Gasteiger partial charge < -0.3 is 19.7 Å². The van der Waals surface area contributed by atoms with E-state index in [1.165, 1.54) is 17.9 Å². The second-order valence-electron chi connectivity index (χ2n) is 4.37. The van der Waals surface area contributed by atoms with E-state index < -0.39 is 29.7 Å². The van der Waals surface area contributed by atoms with E-state index in [1.807, 2.05) is 0 Å². The average Bonchev–Trinajstić information content (AvgIpc) is 2.74. The summed E-state index contributed by atoms with van der Waals surface area (Å²) in [5.41, 5.74) is -0.853. The van der Waals surface area contributed by atoms with Gasteiger partial charge in [-0.3, -0.25) is 14.3 Å². The summed E-state index contributed by atoms with van der Waals surface area (Å²) in [4.78, 5) is 25.4. The van der Waals surface area contributed by atoms with Crippen molar-refractivity contribution in [1.82, 2.24) is 9.55 Å². The second-order valence-corrected chi connectivity index (χ2v) is 4.37. The van der Waals surface area contributed by atoms with Crippen LogP contribution in [0.15, 0.2) is 15.8 Å². The van der Waals surface area contributed by atoms with Gasteiger partial charge in [-0.1, -0.05) is 0 Å². The Hall–Kier alpha value is -1.48. The topological polar surface area (TPSA) is 114 Å². The van der Waals surface area contributed by atoms with E-state index in [2.05, 4.69) is 4.98 Å². The third kappa shape index (κ3) is 2.76.